The van der Waals surface area contributed by atoms with Crippen molar-refractivity contribution in [2.75, 3.05) is 5.73 Å². The Balaban J connectivity index is 1.84. The lowest BCUT2D eigenvalue weighted by Crippen LogP contribution is -1.88. The fourth-order valence-corrected chi connectivity index (χ4v) is 2.61. The number of anilines is 1. The van der Waals surface area contributed by atoms with Crippen LogP contribution < -0.4 is 5.73 Å². The number of nitrogens with one attached hydrogen (secondary N) is 2. The number of aromatic nitrogens is 4. The van der Waals surface area contributed by atoms with Gasteiger partial charge in [-0.3, -0.25) is 0 Å². The average molecular weight is 291 g/mol. The van der Waals surface area contributed by atoms with Crippen LogP contribution in [0, 0.1) is 0 Å². The number of rotatable bonds is 2. The van der Waals surface area contributed by atoms with Crippen molar-refractivity contribution in [1.29, 1.82) is 0 Å². The molecular weight excluding hydrogens is 274 g/mol. The molecule has 0 aliphatic heterocycles. The lowest BCUT2D eigenvalue weighted by Gasteiger charge is -1.96. The number of hydrogen-bond acceptors (Lipinski definition) is 3. The summed E-state index contributed by atoms with van der Waals surface area (Å²) in [6, 6.07) is 11.8. The zero-order chi connectivity index (χ0) is 15.3. The van der Waals surface area contributed by atoms with Gasteiger partial charge < -0.3 is 15.7 Å². The van der Waals surface area contributed by atoms with Gasteiger partial charge in [0, 0.05) is 17.2 Å². The average Bonchev–Trinajstić information content (AvgIpc) is 3.09. The van der Waals surface area contributed by atoms with Crippen molar-refractivity contribution in [1.82, 2.24) is 19.9 Å². The van der Waals surface area contributed by atoms with E-state index in [1.165, 1.54) is 0 Å². The van der Waals surface area contributed by atoms with Gasteiger partial charge in [-0.25, -0.2) is 9.97 Å². The van der Waals surface area contributed by atoms with Crippen molar-refractivity contribution in [3.63, 3.8) is 0 Å². The van der Waals surface area contributed by atoms with Crippen LogP contribution in [0.3, 0.4) is 0 Å². The van der Waals surface area contributed by atoms with Crippen molar-refractivity contribution >= 4 is 27.8 Å². The molecule has 2 aromatic heterocycles. The first-order valence-corrected chi connectivity index (χ1v) is 7.35. The van der Waals surface area contributed by atoms with E-state index >= 15 is 0 Å². The Kier molecular flexibility index (Phi) is 2.69. The summed E-state index contributed by atoms with van der Waals surface area (Å²) in [4.78, 5) is 15.9. The second kappa shape index (κ2) is 4.59. The maximum Gasteiger partial charge on any atom is 0.138 e. The number of imidazole rings is 2. The number of nitrogens with two attached hydrogens (primary N) is 1. The molecule has 0 aliphatic rings. The topological polar surface area (TPSA) is 83.4 Å². The van der Waals surface area contributed by atoms with Crippen LogP contribution in [-0.4, -0.2) is 19.9 Å². The van der Waals surface area contributed by atoms with Gasteiger partial charge in [0.2, 0.25) is 0 Å². The van der Waals surface area contributed by atoms with E-state index in [1.807, 2.05) is 30.3 Å². The molecule has 5 nitrogen and oxygen atoms in total. The van der Waals surface area contributed by atoms with Gasteiger partial charge in [0.15, 0.2) is 0 Å². The number of fused-ring (bicyclic) bond motifs is 2. The molecule has 0 amide bonds. The fraction of sp³-hybridized carbons (Fsp3) is 0.176. The van der Waals surface area contributed by atoms with E-state index in [0.717, 1.165) is 45.0 Å². The Labute approximate surface area is 127 Å². The van der Waals surface area contributed by atoms with Gasteiger partial charge in [0.25, 0.3) is 0 Å². The lowest BCUT2D eigenvalue weighted by atomic mass is 10.2. The van der Waals surface area contributed by atoms with Crippen molar-refractivity contribution in [3.8, 4) is 11.4 Å². The van der Waals surface area contributed by atoms with E-state index in [1.54, 1.807) is 0 Å². The summed E-state index contributed by atoms with van der Waals surface area (Å²) in [6.45, 7) is 4.25. The highest BCUT2D eigenvalue weighted by Gasteiger charge is 2.10. The smallest absolute Gasteiger partial charge is 0.138 e. The first-order chi connectivity index (χ1) is 10.6. The van der Waals surface area contributed by atoms with Crippen LogP contribution in [0.1, 0.15) is 25.6 Å². The van der Waals surface area contributed by atoms with E-state index in [0.29, 0.717) is 5.92 Å². The molecule has 0 bridgehead atoms. The van der Waals surface area contributed by atoms with Crippen LogP contribution in [0.5, 0.6) is 0 Å². The number of aromatic amines is 2. The van der Waals surface area contributed by atoms with Gasteiger partial charge in [-0.2, -0.15) is 0 Å². The molecule has 5 heteroatoms. The molecule has 0 spiro atoms. The van der Waals surface area contributed by atoms with Crippen molar-refractivity contribution in [2.24, 2.45) is 0 Å². The van der Waals surface area contributed by atoms with Crippen molar-refractivity contribution in [3.05, 3.63) is 42.2 Å². The highest BCUT2D eigenvalue weighted by atomic mass is 14.9. The van der Waals surface area contributed by atoms with Gasteiger partial charge in [-0.15, -0.1) is 0 Å². The number of nitrogens with zero attached hydrogens (tertiary/aromatic N) is 2. The third-order valence-electron chi connectivity index (χ3n) is 3.83. The van der Waals surface area contributed by atoms with Gasteiger partial charge in [-0.1, -0.05) is 13.8 Å². The van der Waals surface area contributed by atoms with E-state index in [9.17, 15) is 0 Å². The van der Waals surface area contributed by atoms with E-state index in [2.05, 4.69) is 39.8 Å². The van der Waals surface area contributed by atoms with Gasteiger partial charge in [0.1, 0.15) is 11.6 Å². The molecule has 0 aliphatic carbocycles. The molecule has 2 heterocycles. The quantitative estimate of drug-likeness (QED) is 0.491. The summed E-state index contributed by atoms with van der Waals surface area (Å²) in [6.07, 6.45) is 0. The second-order valence-electron chi connectivity index (χ2n) is 5.87. The normalized spacial score (nSPS) is 11.8. The van der Waals surface area contributed by atoms with Crippen molar-refractivity contribution in [2.45, 2.75) is 19.8 Å². The summed E-state index contributed by atoms with van der Waals surface area (Å²) < 4.78 is 0. The van der Waals surface area contributed by atoms with Crippen LogP contribution in [0.25, 0.3) is 33.5 Å². The van der Waals surface area contributed by atoms with Gasteiger partial charge >= 0.3 is 0 Å². The summed E-state index contributed by atoms with van der Waals surface area (Å²) in [5.74, 6) is 2.22. The van der Waals surface area contributed by atoms with Crippen molar-refractivity contribution < 1.29 is 0 Å². The molecule has 0 saturated carbocycles. The first-order valence-electron chi connectivity index (χ1n) is 7.35. The molecule has 0 atom stereocenters. The number of hydrogen-bond donors (Lipinski definition) is 3. The van der Waals surface area contributed by atoms with Crippen LogP contribution >= 0.6 is 0 Å². The third kappa shape index (κ3) is 2.02. The van der Waals surface area contributed by atoms with E-state index in [4.69, 9.17) is 5.73 Å². The Bertz CT molecular complexity index is 977. The fourth-order valence-electron chi connectivity index (χ4n) is 2.61. The summed E-state index contributed by atoms with van der Waals surface area (Å²) in [7, 11) is 0. The maximum atomic E-state index is 5.82. The summed E-state index contributed by atoms with van der Waals surface area (Å²) in [5.41, 5.74) is 11.4. The molecule has 0 unspecified atom stereocenters. The minimum Gasteiger partial charge on any atom is -0.399 e. The molecule has 0 radical (unpaired) electrons. The number of benzene rings is 2. The first kappa shape index (κ1) is 12.9. The molecule has 0 saturated heterocycles. The minimum absolute atomic E-state index is 0.380. The third-order valence-corrected chi connectivity index (χ3v) is 3.83. The molecule has 4 N–H and O–H groups in total. The Morgan fingerprint density at radius 2 is 1.64 bits per heavy atom. The molecule has 0 fully saturated rings. The maximum absolute atomic E-state index is 5.82. The Hall–Kier alpha value is -2.82. The van der Waals surface area contributed by atoms with Gasteiger partial charge in [-0.05, 0) is 36.4 Å². The molecular formula is C17H17N5. The zero-order valence-corrected chi connectivity index (χ0v) is 12.5. The Morgan fingerprint density at radius 3 is 2.45 bits per heavy atom. The standard InChI is InChI=1S/C17H17N5/c1-9(2)16-19-12-5-3-10(7-14(12)21-16)17-20-13-6-4-11(18)8-15(13)22-17/h3-9H,18H2,1-2H3,(H,19,21)(H,20,22). The number of nitrogen functional groups attached to an aromatic ring is 1. The molecule has 2 aromatic carbocycles. The SMILES string of the molecule is CC(C)c1nc2ccc(-c3nc4ccc(N)cc4[nH]3)cc2[nH]1. The second-order valence-corrected chi connectivity index (χ2v) is 5.87. The Morgan fingerprint density at radius 1 is 0.909 bits per heavy atom. The predicted molar refractivity (Wildman–Crippen MR) is 89.7 cm³/mol. The van der Waals surface area contributed by atoms with Crippen LogP contribution in [-0.2, 0) is 0 Å². The largest absolute Gasteiger partial charge is 0.399 e. The zero-order valence-electron chi connectivity index (χ0n) is 12.5. The summed E-state index contributed by atoms with van der Waals surface area (Å²) in [5, 5.41) is 0. The number of H-pyrrole nitrogens is 2. The molecule has 4 aromatic rings. The minimum atomic E-state index is 0.380. The highest BCUT2D eigenvalue weighted by molar-refractivity contribution is 5.85. The van der Waals surface area contributed by atoms with E-state index < -0.39 is 0 Å². The van der Waals surface area contributed by atoms with Gasteiger partial charge in [0.05, 0.1) is 22.1 Å². The summed E-state index contributed by atoms with van der Waals surface area (Å²) >= 11 is 0. The molecule has 22 heavy (non-hydrogen) atoms. The van der Waals surface area contributed by atoms with Crippen LogP contribution in [0.4, 0.5) is 5.69 Å². The highest BCUT2D eigenvalue weighted by Crippen LogP contribution is 2.25. The monoisotopic (exact) mass is 291 g/mol. The van der Waals surface area contributed by atoms with E-state index in [-0.39, 0.29) is 0 Å². The predicted octanol–water partition coefficient (Wildman–Crippen LogP) is 3.81. The van der Waals surface area contributed by atoms with Crippen LogP contribution in [0.2, 0.25) is 0 Å². The van der Waals surface area contributed by atoms with Crippen LogP contribution in [0.15, 0.2) is 36.4 Å². The molecule has 4 rings (SSSR count). The lowest BCUT2D eigenvalue weighted by molar-refractivity contribution is 0.799. The molecule has 110 valence electrons.